The molecule has 0 saturated carbocycles. The highest BCUT2D eigenvalue weighted by Gasteiger charge is 2.16. The lowest BCUT2D eigenvalue weighted by molar-refractivity contribution is 0.496. The lowest BCUT2D eigenvalue weighted by Gasteiger charge is -2.09. The molecule has 0 aliphatic carbocycles. The Hall–Kier alpha value is -2.87. The Bertz CT molecular complexity index is 827. The summed E-state index contributed by atoms with van der Waals surface area (Å²) in [5, 5.41) is 9.32. The Morgan fingerprint density at radius 1 is 1.25 bits per heavy atom. The van der Waals surface area contributed by atoms with E-state index in [-0.39, 0.29) is 6.54 Å². The second kappa shape index (κ2) is 5.02. The van der Waals surface area contributed by atoms with Crippen molar-refractivity contribution in [3.63, 3.8) is 0 Å². The second-order valence-corrected chi connectivity index (χ2v) is 4.40. The first kappa shape index (κ1) is 12.2. The Morgan fingerprint density at radius 2 is 2.05 bits per heavy atom. The van der Waals surface area contributed by atoms with Crippen LogP contribution in [0.25, 0.3) is 11.2 Å². The Labute approximate surface area is 114 Å². The number of nitriles is 1. The molecule has 5 heteroatoms. The largest absolute Gasteiger partial charge is 0.421 e. The summed E-state index contributed by atoms with van der Waals surface area (Å²) in [6.45, 7) is 0.226. The summed E-state index contributed by atoms with van der Waals surface area (Å²) in [7, 11) is 0. The number of hydrogen-bond acceptors (Lipinski definition) is 4. The Morgan fingerprint density at radius 3 is 2.80 bits per heavy atom. The first-order chi connectivity index (χ1) is 9.79. The number of aromatic nitrogens is 2. The third-order valence-electron chi connectivity index (χ3n) is 3.15. The van der Waals surface area contributed by atoms with Crippen LogP contribution in [0.15, 0.2) is 57.9 Å². The van der Waals surface area contributed by atoms with Crippen molar-refractivity contribution in [1.29, 1.82) is 5.26 Å². The van der Waals surface area contributed by atoms with Gasteiger partial charge in [0.1, 0.15) is 0 Å². The van der Waals surface area contributed by atoms with Crippen molar-refractivity contribution in [1.82, 2.24) is 9.55 Å². The van der Waals surface area contributed by atoms with E-state index >= 15 is 0 Å². The van der Waals surface area contributed by atoms with Gasteiger partial charge in [-0.3, -0.25) is 4.57 Å². The fourth-order valence-corrected chi connectivity index (χ4v) is 2.15. The van der Waals surface area contributed by atoms with Crippen molar-refractivity contribution < 1.29 is 4.42 Å². The molecule has 3 aromatic rings. The summed E-state index contributed by atoms with van der Waals surface area (Å²) in [6.07, 6.45) is 1.59. The van der Waals surface area contributed by atoms with E-state index in [1.165, 1.54) is 4.57 Å². The molecule has 5 nitrogen and oxygen atoms in total. The molecule has 2 heterocycles. The molecule has 0 spiro atoms. The fourth-order valence-electron chi connectivity index (χ4n) is 2.15. The Balaban J connectivity index is 2.03. The van der Waals surface area contributed by atoms with Crippen molar-refractivity contribution in [2.75, 3.05) is 0 Å². The van der Waals surface area contributed by atoms with Gasteiger partial charge in [-0.2, -0.15) is 5.26 Å². The maximum absolute atomic E-state index is 11.9. The minimum absolute atomic E-state index is 0.226. The molecule has 3 rings (SSSR count). The third kappa shape index (κ3) is 2.08. The SMILES string of the molecule is N#CC(Cn1c(=O)oc2cccnc21)c1ccccc1. The molecule has 0 radical (unpaired) electrons. The highest BCUT2D eigenvalue weighted by atomic mass is 16.4. The van der Waals surface area contributed by atoms with E-state index in [9.17, 15) is 10.1 Å². The molecule has 0 bridgehead atoms. The Kier molecular flexibility index (Phi) is 3.05. The average molecular weight is 265 g/mol. The molecule has 0 fully saturated rings. The molecule has 98 valence electrons. The smallest absolute Gasteiger partial charge is 0.406 e. The molecule has 0 aliphatic heterocycles. The number of rotatable bonds is 3. The zero-order valence-corrected chi connectivity index (χ0v) is 10.6. The second-order valence-electron chi connectivity index (χ2n) is 4.40. The van der Waals surface area contributed by atoms with Gasteiger partial charge in [0.2, 0.25) is 0 Å². The topological polar surface area (TPSA) is 71.8 Å². The fraction of sp³-hybridized carbons (Fsp3) is 0.133. The normalized spacial score (nSPS) is 12.2. The van der Waals surface area contributed by atoms with Crippen molar-refractivity contribution in [2.24, 2.45) is 0 Å². The quantitative estimate of drug-likeness (QED) is 0.728. The van der Waals surface area contributed by atoms with Gasteiger partial charge >= 0.3 is 5.76 Å². The predicted molar refractivity (Wildman–Crippen MR) is 73.1 cm³/mol. The van der Waals surface area contributed by atoms with Gasteiger partial charge in [-0.1, -0.05) is 30.3 Å². The van der Waals surface area contributed by atoms with E-state index in [4.69, 9.17) is 4.42 Å². The highest BCUT2D eigenvalue weighted by Crippen LogP contribution is 2.18. The van der Waals surface area contributed by atoms with Crippen LogP contribution in [0.3, 0.4) is 0 Å². The monoisotopic (exact) mass is 265 g/mol. The van der Waals surface area contributed by atoms with Crippen LogP contribution < -0.4 is 5.76 Å². The van der Waals surface area contributed by atoms with Crippen LogP contribution in [0.1, 0.15) is 11.5 Å². The maximum atomic E-state index is 11.9. The number of oxazole rings is 1. The summed E-state index contributed by atoms with van der Waals surface area (Å²) in [6, 6.07) is 15.0. The van der Waals surface area contributed by atoms with Gasteiger partial charge < -0.3 is 4.42 Å². The summed E-state index contributed by atoms with van der Waals surface area (Å²) >= 11 is 0. The first-order valence-corrected chi connectivity index (χ1v) is 6.18. The number of nitrogens with zero attached hydrogens (tertiary/aromatic N) is 3. The first-order valence-electron chi connectivity index (χ1n) is 6.18. The zero-order chi connectivity index (χ0) is 13.9. The summed E-state index contributed by atoms with van der Waals surface area (Å²) < 4.78 is 6.51. The molecule has 0 N–H and O–H groups in total. The van der Waals surface area contributed by atoms with E-state index in [1.54, 1.807) is 18.3 Å². The van der Waals surface area contributed by atoms with Crippen LogP contribution >= 0.6 is 0 Å². The van der Waals surface area contributed by atoms with Crippen molar-refractivity contribution in [3.8, 4) is 6.07 Å². The third-order valence-corrected chi connectivity index (χ3v) is 3.15. The van der Waals surface area contributed by atoms with Crippen LogP contribution in [0.4, 0.5) is 0 Å². The van der Waals surface area contributed by atoms with Crippen molar-refractivity contribution in [2.45, 2.75) is 12.5 Å². The molecule has 20 heavy (non-hydrogen) atoms. The van der Waals surface area contributed by atoms with Crippen molar-refractivity contribution >= 4 is 11.2 Å². The van der Waals surface area contributed by atoms with Gasteiger partial charge in [-0.25, -0.2) is 9.78 Å². The van der Waals surface area contributed by atoms with Gasteiger partial charge in [-0.15, -0.1) is 0 Å². The summed E-state index contributed by atoms with van der Waals surface area (Å²) in [5.41, 5.74) is 1.77. The molecule has 1 unspecified atom stereocenters. The number of benzene rings is 1. The van der Waals surface area contributed by atoms with E-state index in [1.807, 2.05) is 30.3 Å². The van der Waals surface area contributed by atoms with Crippen molar-refractivity contribution in [3.05, 3.63) is 64.8 Å². The molecular weight excluding hydrogens is 254 g/mol. The minimum Gasteiger partial charge on any atom is -0.406 e. The van der Waals surface area contributed by atoms with Gasteiger partial charge in [0, 0.05) is 6.20 Å². The predicted octanol–water partition coefficient (Wildman–Crippen LogP) is 2.30. The number of pyridine rings is 1. The standard InChI is InChI=1S/C15H11N3O2/c16-9-12(11-5-2-1-3-6-11)10-18-14-13(20-15(18)19)7-4-8-17-14/h1-8,12H,10H2. The van der Waals surface area contributed by atoms with Crippen LogP contribution in [-0.4, -0.2) is 9.55 Å². The lowest BCUT2D eigenvalue weighted by Crippen LogP contribution is -2.18. The maximum Gasteiger partial charge on any atom is 0.421 e. The van der Waals surface area contributed by atoms with E-state index in [0.717, 1.165) is 5.56 Å². The number of fused-ring (bicyclic) bond motifs is 1. The molecule has 0 amide bonds. The van der Waals surface area contributed by atoms with Crippen LogP contribution in [0.5, 0.6) is 0 Å². The molecule has 2 aromatic heterocycles. The molecule has 1 aromatic carbocycles. The van der Waals surface area contributed by atoms with Crippen LogP contribution in [0.2, 0.25) is 0 Å². The van der Waals surface area contributed by atoms with Gasteiger partial charge in [0.05, 0.1) is 18.5 Å². The molecule has 0 aliphatic rings. The molecule has 1 atom stereocenters. The molecule has 0 saturated heterocycles. The highest BCUT2D eigenvalue weighted by molar-refractivity contribution is 5.67. The van der Waals surface area contributed by atoms with Gasteiger partial charge in [0.25, 0.3) is 0 Å². The summed E-state index contributed by atoms with van der Waals surface area (Å²) in [5.74, 6) is -0.911. The molecular formula is C15H11N3O2. The zero-order valence-electron chi connectivity index (χ0n) is 10.6. The van der Waals surface area contributed by atoms with Crippen LogP contribution in [-0.2, 0) is 6.54 Å². The lowest BCUT2D eigenvalue weighted by atomic mass is 10.0. The van der Waals surface area contributed by atoms with Gasteiger partial charge in [0.15, 0.2) is 11.2 Å². The van der Waals surface area contributed by atoms with E-state index < -0.39 is 11.7 Å². The minimum atomic E-state index is -0.491. The van der Waals surface area contributed by atoms with E-state index in [0.29, 0.717) is 11.2 Å². The number of hydrogen-bond donors (Lipinski definition) is 0. The van der Waals surface area contributed by atoms with Crippen LogP contribution in [0, 0.1) is 11.3 Å². The average Bonchev–Trinajstić information content (AvgIpc) is 2.81. The van der Waals surface area contributed by atoms with Gasteiger partial charge in [-0.05, 0) is 17.7 Å². The summed E-state index contributed by atoms with van der Waals surface area (Å²) in [4.78, 5) is 16.0. The van der Waals surface area contributed by atoms with E-state index in [2.05, 4.69) is 11.1 Å².